The van der Waals surface area contributed by atoms with Crippen molar-refractivity contribution in [2.45, 2.75) is 32.6 Å². The fraction of sp³-hybridized carbons (Fsp3) is 0.318. The molecule has 7 heteroatoms. The number of hydrogen-bond acceptors (Lipinski definition) is 6. The van der Waals surface area contributed by atoms with Gasteiger partial charge in [0.05, 0.1) is 16.3 Å². The van der Waals surface area contributed by atoms with E-state index in [1.54, 1.807) is 16.2 Å². The van der Waals surface area contributed by atoms with Gasteiger partial charge < -0.3 is 14.4 Å². The Morgan fingerprint density at radius 3 is 2.52 bits per heavy atom. The van der Waals surface area contributed by atoms with E-state index in [2.05, 4.69) is 5.38 Å². The molecule has 0 saturated carbocycles. The summed E-state index contributed by atoms with van der Waals surface area (Å²) in [6.45, 7) is 5.08. The third-order valence-corrected chi connectivity index (χ3v) is 6.40. The number of phenolic OH excluding ortho intramolecular Hbond substituents is 1. The van der Waals surface area contributed by atoms with Gasteiger partial charge in [0.2, 0.25) is 0 Å². The molecule has 1 aliphatic rings. The second kappa shape index (κ2) is 7.83. The van der Waals surface area contributed by atoms with Gasteiger partial charge in [-0.15, -0.1) is 11.3 Å². The van der Waals surface area contributed by atoms with Crippen LogP contribution in [0.2, 0.25) is 0 Å². The number of benzene rings is 1. The van der Waals surface area contributed by atoms with Crippen molar-refractivity contribution >= 4 is 17.2 Å². The van der Waals surface area contributed by atoms with Gasteiger partial charge in [-0.25, -0.2) is 9.78 Å². The van der Waals surface area contributed by atoms with Crippen LogP contribution in [0.3, 0.4) is 0 Å². The van der Waals surface area contributed by atoms with Crippen LogP contribution in [0.4, 0.5) is 0 Å². The van der Waals surface area contributed by atoms with E-state index in [4.69, 9.17) is 9.40 Å². The minimum atomic E-state index is -0.459. The minimum absolute atomic E-state index is 0.109. The number of likely N-dealkylation sites (tertiary alicyclic amines) is 1. The topological polar surface area (TPSA) is 83.6 Å². The first kappa shape index (κ1) is 19.4. The van der Waals surface area contributed by atoms with Crippen LogP contribution in [0.1, 0.15) is 45.3 Å². The van der Waals surface area contributed by atoms with Crippen LogP contribution >= 0.6 is 11.3 Å². The lowest BCUT2D eigenvalue weighted by Crippen LogP contribution is -2.38. The first-order valence-electron chi connectivity index (χ1n) is 9.56. The number of piperidine rings is 1. The van der Waals surface area contributed by atoms with E-state index < -0.39 is 5.63 Å². The summed E-state index contributed by atoms with van der Waals surface area (Å²) in [7, 11) is 0. The molecular formula is C22H22N2O4S. The number of aryl methyl sites for hydroxylation is 2. The van der Waals surface area contributed by atoms with Crippen LogP contribution in [0.15, 0.2) is 45.1 Å². The Hall–Kier alpha value is -2.93. The lowest BCUT2D eigenvalue weighted by molar-refractivity contribution is 0.0710. The molecule has 1 N–H and O–H groups in total. The summed E-state index contributed by atoms with van der Waals surface area (Å²) in [5.41, 5.74) is 3.57. The van der Waals surface area contributed by atoms with Gasteiger partial charge >= 0.3 is 5.63 Å². The number of carbonyl (C=O) groups excluding carboxylic acids is 1. The first-order chi connectivity index (χ1) is 13.9. The fourth-order valence-electron chi connectivity index (χ4n) is 3.70. The average molecular weight is 410 g/mol. The highest BCUT2D eigenvalue weighted by atomic mass is 32.1. The molecule has 3 aromatic rings. The van der Waals surface area contributed by atoms with Crippen molar-refractivity contribution in [1.29, 1.82) is 0 Å². The molecule has 2 aromatic heterocycles. The van der Waals surface area contributed by atoms with Gasteiger partial charge in [0.25, 0.3) is 5.91 Å². The molecule has 0 bridgehead atoms. The van der Waals surface area contributed by atoms with Gasteiger partial charge in [-0.1, -0.05) is 0 Å². The Balaban J connectivity index is 1.44. The van der Waals surface area contributed by atoms with Gasteiger partial charge in [-0.05, 0) is 56.0 Å². The molecule has 0 aliphatic carbocycles. The van der Waals surface area contributed by atoms with Gasteiger partial charge in [0, 0.05) is 36.0 Å². The fourth-order valence-corrected chi connectivity index (χ4v) is 4.70. The molecule has 29 heavy (non-hydrogen) atoms. The number of aromatic nitrogens is 1. The lowest BCUT2D eigenvalue weighted by Gasteiger charge is -2.31. The first-order valence-corrected chi connectivity index (χ1v) is 10.4. The third-order valence-electron chi connectivity index (χ3n) is 5.39. The van der Waals surface area contributed by atoms with Gasteiger partial charge in [-0.3, -0.25) is 4.79 Å². The summed E-state index contributed by atoms with van der Waals surface area (Å²) in [5.74, 6) is 0.548. The van der Waals surface area contributed by atoms with Gasteiger partial charge in [0.15, 0.2) is 0 Å². The third kappa shape index (κ3) is 3.96. The highest BCUT2D eigenvalue weighted by Crippen LogP contribution is 2.35. The standard InChI is InChI=1S/C22H22N2O4S/c1-13-9-17(10-14(2)20(13)26)18-12-29-21(23-18)15-5-7-24(8-6-15)22(27)16-3-4-19(25)28-11-16/h3-4,9-12,15,26H,5-8H2,1-2H3. The largest absolute Gasteiger partial charge is 0.507 e. The van der Waals surface area contributed by atoms with Crippen molar-refractivity contribution in [2.24, 2.45) is 0 Å². The number of nitrogens with zero attached hydrogens (tertiary/aromatic N) is 2. The average Bonchev–Trinajstić information content (AvgIpc) is 3.22. The summed E-state index contributed by atoms with van der Waals surface area (Å²) < 4.78 is 4.80. The molecule has 0 unspecified atom stereocenters. The van der Waals surface area contributed by atoms with Crippen LogP contribution < -0.4 is 5.63 Å². The molecule has 0 spiro atoms. The monoisotopic (exact) mass is 410 g/mol. The normalized spacial score (nSPS) is 14.9. The Morgan fingerprint density at radius 2 is 1.90 bits per heavy atom. The molecule has 6 nitrogen and oxygen atoms in total. The Labute approximate surface area is 172 Å². The zero-order chi connectivity index (χ0) is 20.5. The second-order valence-electron chi connectivity index (χ2n) is 7.44. The van der Waals surface area contributed by atoms with Crippen LogP contribution in [-0.4, -0.2) is 34.0 Å². The number of thiazole rings is 1. The molecule has 150 valence electrons. The second-order valence-corrected chi connectivity index (χ2v) is 8.33. The molecule has 3 heterocycles. The molecule has 1 aromatic carbocycles. The van der Waals surface area contributed by atoms with Crippen LogP contribution in [0, 0.1) is 13.8 Å². The number of phenols is 1. The van der Waals surface area contributed by atoms with Crippen molar-refractivity contribution in [3.63, 3.8) is 0 Å². The van der Waals surface area contributed by atoms with E-state index in [1.165, 1.54) is 18.4 Å². The molecule has 0 atom stereocenters. The maximum absolute atomic E-state index is 12.6. The molecule has 1 aliphatic heterocycles. The number of amides is 1. The van der Waals surface area contributed by atoms with Crippen LogP contribution in [0.25, 0.3) is 11.3 Å². The van der Waals surface area contributed by atoms with Crippen molar-refractivity contribution in [1.82, 2.24) is 9.88 Å². The van der Waals surface area contributed by atoms with E-state index in [9.17, 15) is 14.7 Å². The highest BCUT2D eigenvalue weighted by Gasteiger charge is 2.26. The van der Waals surface area contributed by atoms with E-state index in [0.29, 0.717) is 30.3 Å². The maximum atomic E-state index is 12.6. The number of hydrogen-bond donors (Lipinski definition) is 1. The summed E-state index contributed by atoms with van der Waals surface area (Å²) >= 11 is 1.65. The summed E-state index contributed by atoms with van der Waals surface area (Å²) in [6, 6.07) is 6.69. The highest BCUT2D eigenvalue weighted by molar-refractivity contribution is 7.10. The Bertz CT molecular complexity index is 1070. The van der Waals surface area contributed by atoms with Crippen molar-refractivity contribution in [3.05, 3.63) is 68.0 Å². The quantitative estimate of drug-likeness (QED) is 0.703. The van der Waals surface area contributed by atoms with E-state index >= 15 is 0 Å². The summed E-state index contributed by atoms with van der Waals surface area (Å²) in [6.07, 6.45) is 2.93. The summed E-state index contributed by atoms with van der Waals surface area (Å²) in [5, 5.41) is 13.1. The minimum Gasteiger partial charge on any atom is -0.507 e. The Morgan fingerprint density at radius 1 is 1.21 bits per heavy atom. The summed E-state index contributed by atoms with van der Waals surface area (Å²) in [4.78, 5) is 30.3. The molecule has 0 radical (unpaired) electrons. The predicted octanol–water partition coefficient (Wildman–Crippen LogP) is 4.11. The molecule has 1 saturated heterocycles. The number of aromatic hydroxyl groups is 1. The lowest BCUT2D eigenvalue weighted by atomic mass is 9.97. The van der Waals surface area contributed by atoms with Crippen molar-refractivity contribution < 1.29 is 14.3 Å². The van der Waals surface area contributed by atoms with E-state index in [0.717, 1.165) is 40.2 Å². The van der Waals surface area contributed by atoms with E-state index in [-0.39, 0.29) is 5.91 Å². The zero-order valence-electron chi connectivity index (χ0n) is 16.3. The van der Waals surface area contributed by atoms with Gasteiger partial charge in [0.1, 0.15) is 12.0 Å². The van der Waals surface area contributed by atoms with E-state index in [1.807, 2.05) is 26.0 Å². The van der Waals surface area contributed by atoms with Crippen molar-refractivity contribution in [3.8, 4) is 17.0 Å². The molecule has 1 amide bonds. The van der Waals surface area contributed by atoms with Crippen LogP contribution in [0.5, 0.6) is 5.75 Å². The smallest absolute Gasteiger partial charge is 0.335 e. The molecular weight excluding hydrogens is 388 g/mol. The molecule has 4 rings (SSSR count). The zero-order valence-corrected chi connectivity index (χ0v) is 17.2. The SMILES string of the molecule is Cc1cc(-c2csc(C3CCN(C(=O)c4ccc(=O)oc4)CC3)n2)cc(C)c1O. The van der Waals surface area contributed by atoms with Crippen molar-refractivity contribution in [2.75, 3.05) is 13.1 Å². The predicted molar refractivity (Wildman–Crippen MR) is 112 cm³/mol. The Kier molecular flexibility index (Phi) is 5.24. The number of rotatable bonds is 3. The van der Waals surface area contributed by atoms with Gasteiger partial charge in [-0.2, -0.15) is 0 Å². The number of carbonyl (C=O) groups is 1. The van der Waals surface area contributed by atoms with Crippen LogP contribution in [-0.2, 0) is 0 Å². The molecule has 1 fully saturated rings. The maximum Gasteiger partial charge on any atom is 0.335 e.